The van der Waals surface area contributed by atoms with Crippen molar-refractivity contribution >= 4 is 23.2 Å². The number of amides is 1. The predicted octanol–water partition coefficient (Wildman–Crippen LogP) is 3.23. The number of aryl methyl sites for hydroxylation is 1. The van der Waals surface area contributed by atoms with E-state index in [2.05, 4.69) is 23.7 Å². The van der Waals surface area contributed by atoms with E-state index in [0.29, 0.717) is 24.6 Å². The Morgan fingerprint density at radius 2 is 2.16 bits per heavy atom. The number of methoxy groups -OCH3 is 1. The lowest BCUT2D eigenvalue weighted by molar-refractivity contribution is -0.122. The van der Waals surface area contributed by atoms with E-state index < -0.39 is 5.97 Å². The molecule has 1 fully saturated rings. The van der Waals surface area contributed by atoms with Gasteiger partial charge < -0.3 is 15.2 Å². The zero-order valence-corrected chi connectivity index (χ0v) is 15.1. The summed E-state index contributed by atoms with van der Waals surface area (Å²) in [6.45, 7) is 2.60. The number of carboxylic acid groups (broad SMARTS) is 1. The third kappa shape index (κ3) is 3.85. The fourth-order valence-corrected chi connectivity index (χ4v) is 4.18. The van der Waals surface area contributed by atoms with Gasteiger partial charge in [-0.15, -0.1) is 11.3 Å². The molecule has 1 amide bonds. The average Bonchev–Trinajstić information content (AvgIpc) is 3.28. The molecule has 132 valence electrons. The Hall–Kier alpha value is -2.34. The largest absolute Gasteiger partial charge is 0.496 e. The molecule has 2 N–H and O–H groups in total. The van der Waals surface area contributed by atoms with Crippen LogP contribution in [0.25, 0.3) is 0 Å². The molecular weight excluding hydrogens is 338 g/mol. The van der Waals surface area contributed by atoms with Gasteiger partial charge in [0.2, 0.25) is 5.91 Å². The van der Waals surface area contributed by atoms with Crippen molar-refractivity contribution in [1.82, 2.24) is 5.32 Å². The van der Waals surface area contributed by atoms with Gasteiger partial charge in [-0.2, -0.15) is 0 Å². The first kappa shape index (κ1) is 17.5. The number of hydrogen-bond donors (Lipinski definition) is 2. The van der Waals surface area contributed by atoms with Crippen molar-refractivity contribution in [3.05, 3.63) is 51.2 Å². The molecule has 0 spiro atoms. The Morgan fingerprint density at radius 1 is 1.36 bits per heavy atom. The molecule has 0 aliphatic heterocycles. The normalized spacial score (nSPS) is 18.6. The summed E-state index contributed by atoms with van der Waals surface area (Å²) in [4.78, 5) is 24.6. The summed E-state index contributed by atoms with van der Waals surface area (Å²) in [7, 11) is 1.52. The van der Waals surface area contributed by atoms with Crippen LogP contribution in [0.2, 0.25) is 0 Å². The molecule has 6 heteroatoms. The highest BCUT2D eigenvalue weighted by Crippen LogP contribution is 2.50. The van der Waals surface area contributed by atoms with E-state index in [-0.39, 0.29) is 17.4 Å². The molecule has 0 saturated heterocycles. The summed E-state index contributed by atoms with van der Waals surface area (Å²) < 4.78 is 5.26. The van der Waals surface area contributed by atoms with Crippen LogP contribution in [0, 0.1) is 12.8 Å². The van der Waals surface area contributed by atoms with Crippen molar-refractivity contribution in [1.29, 1.82) is 0 Å². The smallest absolute Gasteiger partial charge is 0.335 e. The zero-order valence-electron chi connectivity index (χ0n) is 14.2. The summed E-state index contributed by atoms with van der Waals surface area (Å²) in [5.41, 5.74) is 2.35. The van der Waals surface area contributed by atoms with Crippen molar-refractivity contribution < 1.29 is 19.4 Å². The Bertz CT molecular complexity index is 798. The fraction of sp³-hybridized carbons (Fsp3) is 0.368. The first-order valence-electron chi connectivity index (χ1n) is 8.23. The first-order valence-corrected chi connectivity index (χ1v) is 9.11. The van der Waals surface area contributed by atoms with Gasteiger partial charge in [0.15, 0.2) is 0 Å². The minimum absolute atomic E-state index is 0.0774. The van der Waals surface area contributed by atoms with Gasteiger partial charge in [0.25, 0.3) is 0 Å². The molecule has 1 aromatic heterocycles. The second-order valence-electron chi connectivity index (χ2n) is 6.29. The van der Waals surface area contributed by atoms with Crippen molar-refractivity contribution in [3.8, 4) is 5.75 Å². The van der Waals surface area contributed by atoms with Crippen molar-refractivity contribution in [2.75, 3.05) is 13.7 Å². The van der Waals surface area contributed by atoms with Gasteiger partial charge in [0.05, 0.1) is 12.7 Å². The lowest BCUT2D eigenvalue weighted by Crippen LogP contribution is -2.27. The monoisotopic (exact) mass is 359 g/mol. The highest BCUT2D eigenvalue weighted by molar-refractivity contribution is 7.10. The van der Waals surface area contributed by atoms with Crippen LogP contribution in [0.15, 0.2) is 29.6 Å². The number of carbonyl (C=O) groups is 2. The molecule has 2 atom stereocenters. The van der Waals surface area contributed by atoms with Gasteiger partial charge in [-0.05, 0) is 54.5 Å². The number of nitrogens with one attached hydrogen (secondary N) is 1. The van der Waals surface area contributed by atoms with Crippen LogP contribution in [-0.2, 0) is 11.2 Å². The maximum Gasteiger partial charge on any atom is 0.335 e. The Labute approximate surface area is 150 Å². The SMILES string of the molecule is COc1cc(C(=O)O)ccc1CCNC(=O)C1CC1c1sccc1C. The number of carboxylic acids is 1. The molecule has 0 radical (unpaired) electrons. The maximum atomic E-state index is 12.3. The van der Waals surface area contributed by atoms with Crippen LogP contribution in [0.5, 0.6) is 5.75 Å². The van der Waals surface area contributed by atoms with E-state index in [1.807, 2.05) is 0 Å². The van der Waals surface area contributed by atoms with Gasteiger partial charge in [-0.25, -0.2) is 4.79 Å². The van der Waals surface area contributed by atoms with Crippen molar-refractivity contribution in [2.24, 2.45) is 5.92 Å². The minimum atomic E-state index is -0.984. The number of hydrogen-bond acceptors (Lipinski definition) is 4. The van der Waals surface area contributed by atoms with Crippen LogP contribution in [-0.4, -0.2) is 30.6 Å². The molecule has 25 heavy (non-hydrogen) atoms. The molecule has 3 rings (SSSR count). The maximum absolute atomic E-state index is 12.3. The van der Waals surface area contributed by atoms with Gasteiger partial charge >= 0.3 is 5.97 Å². The first-order chi connectivity index (χ1) is 12.0. The van der Waals surface area contributed by atoms with Crippen LogP contribution >= 0.6 is 11.3 Å². The Morgan fingerprint density at radius 3 is 2.80 bits per heavy atom. The molecule has 5 nitrogen and oxygen atoms in total. The summed E-state index contributed by atoms with van der Waals surface area (Å²) in [6, 6.07) is 6.90. The Balaban J connectivity index is 1.53. The third-order valence-electron chi connectivity index (χ3n) is 4.59. The predicted molar refractivity (Wildman–Crippen MR) is 96.6 cm³/mol. The number of carbonyl (C=O) groups excluding carboxylic acids is 1. The molecule has 1 aromatic carbocycles. The Kier molecular flexibility index (Phi) is 5.08. The minimum Gasteiger partial charge on any atom is -0.496 e. The van der Waals surface area contributed by atoms with Crippen LogP contribution < -0.4 is 10.1 Å². The van der Waals surface area contributed by atoms with E-state index in [1.165, 1.54) is 23.6 Å². The van der Waals surface area contributed by atoms with Gasteiger partial charge in [-0.3, -0.25) is 4.79 Å². The lowest BCUT2D eigenvalue weighted by atomic mass is 10.1. The number of benzene rings is 1. The highest BCUT2D eigenvalue weighted by atomic mass is 32.1. The topological polar surface area (TPSA) is 75.6 Å². The molecule has 1 heterocycles. The molecule has 0 bridgehead atoms. The molecule has 1 saturated carbocycles. The molecule has 1 aliphatic rings. The average molecular weight is 359 g/mol. The van der Waals surface area contributed by atoms with Gasteiger partial charge in [-0.1, -0.05) is 6.07 Å². The second-order valence-corrected chi connectivity index (χ2v) is 7.24. The van der Waals surface area contributed by atoms with Crippen molar-refractivity contribution in [3.63, 3.8) is 0 Å². The summed E-state index contributed by atoms with van der Waals surface area (Å²) in [5, 5.41) is 14.1. The van der Waals surface area contributed by atoms with Crippen LogP contribution in [0.3, 0.4) is 0 Å². The van der Waals surface area contributed by atoms with E-state index in [0.717, 1.165) is 12.0 Å². The van der Waals surface area contributed by atoms with E-state index >= 15 is 0 Å². The molecular formula is C19H21NO4S. The number of thiophene rings is 1. The standard InChI is InChI=1S/C19H21NO4S/c1-11-6-8-25-17(11)14-10-15(14)18(21)20-7-5-12-3-4-13(19(22)23)9-16(12)24-2/h3-4,6,8-9,14-15H,5,7,10H2,1-2H3,(H,20,21)(H,22,23). The van der Waals surface area contributed by atoms with Gasteiger partial charge in [0.1, 0.15) is 5.75 Å². The van der Waals surface area contributed by atoms with E-state index in [1.54, 1.807) is 23.5 Å². The molecule has 2 unspecified atom stereocenters. The van der Waals surface area contributed by atoms with Crippen LogP contribution in [0.4, 0.5) is 0 Å². The summed E-state index contributed by atoms with van der Waals surface area (Å²) in [6.07, 6.45) is 1.52. The number of ether oxygens (including phenoxy) is 1. The number of aromatic carboxylic acids is 1. The zero-order chi connectivity index (χ0) is 18.0. The molecule has 1 aliphatic carbocycles. The van der Waals surface area contributed by atoms with E-state index in [9.17, 15) is 9.59 Å². The second kappa shape index (κ2) is 7.27. The summed E-state index contributed by atoms with van der Waals surface area (Å²) in [5.74, 6) is 0.0893. The van der Waals surface area contributed by atoms with Gasteiger partial charge in [0, 0.05) is 23.3 Å². The van der Waals surface area contributed by atoms with E-state index in [4.69, 9.17) is 9.84 Å². The van der Waals surface area contributed by atoms with Crippen LogP contribution in [0.1, 0.15) is 38.7 Å². The fourth-order valence-electron chi connectivity index (χ4n) is 3.07. The quantitative estimate of drug-likeness (QED) is 0.796. The highest BCUT2D eigenvalue weighted by Gasteiger charge is 2.45. The summed E-state index contributed by atoms with van der Waals surface area (Å²) >= 11 is 1.73. The molecule has 2 aromatic rings. The van der Waals surface area contributed by atoms with Crippen molar-refractivity contribution in [2.45, 2.75) is 25.7 Å². The lowest BCUT2D eigenvalue weighted by Gasteiger charge is -2.10. The third-order valence-corrected chi connectivity index (χ3v) is 5.74. The number of rotatable bonds is 7.